The van der Waals surface area contributed by atoms with Crippen LogP contribution in [-0.2, 0) is 16.6 Å². The molecule has 0 bridgehead atoms. The van der Waals surface area contributed by atoms with E-state index in [-0.39, 0.29) is 10.5 Å². The Kier molecular flexibility index (Phi) is 8.46. The molecule has 0 saturated heterocycles. The molecule has 1 aromatic heterocycles. The lowest BCUT2D eigenvalue weighted by molar-refractivity contribution is 0.0981. The highest BCUT2D eigenvalue weighted by molar-refractivity contribution is 9.10. The quantitative estimate of drug-likeness (QED) is 0.364. The minimum absolute atomic E-state index is 0.0174. The van der Waals surface area contributed by atoms with Gasteiger partial charge in [-0.3, -0.25) is 4.79 Å². The molecule has 0 radical (unpaired) electrons. The number of anilines is 1. The van der Waals surface area contributed by atoms with Crippen molar-refractivity contribution in [1.29, 1.82) is 0 Å². The minimum Gasteiger partial charge on any atom is -0.489 e. The standard InChI is InChI=1S/C25H26BrN3O4S/c1-4-29(16-20-14-21(26)11-12-23(20)33-17-18(2)3)24-13-10-19(15-27-24)25(30)28-34(31,32)22-8-6-5-7-9-22/h5-15H,2,4,16-17H2,1,3H3,(H,28,30). The number of nitrogens with one attached hydrogen (secondary N) is 1. The Bertz CT molecular complexity index is 1260. The third-order valence-corrected chi connectivity index (χ3v) is 6.69. The maximum atomic E-state index is 12.5. The van der Waals surface area contributed by atoms with Crippen LogP contribution in [-0.4, -0.2) is 32.5 Å². The highest BCUT2D eigenvalue weighted by Crippen LogP contribution is 2.26. The molecule has 0 atom stereocenters. The number of carbonyl (C=O) groups is 1. The second-order valence-corrected chi connectivity index (χ2v) is 10.3. The summed E-state index contributed by atoms with van der Waals surface area (Å²) in [6.45, 7) is 9.40. The molecular weight excluding hydrogens is 518 g/mol. The van der Waals surface area contributed by atoms with Gasteiger partial charge in [0.1, 0.15) is 18.2 Å². The number of ether oxygens (including phenoxy) is 1. The number of hydrogen-bond donors (Lipinski definition) is 1. The smallest absolute Gasteiger partial charge is 0.266 e. The molecule has 1 amide bonds. The molecule has 0 spiro atoms. The zero-order valence-electron chi connectivity index (χ0n) is 19.0. The van der Waals surface area contributed by atoms with Gasteiger partial charge in [0.15, 0.2) is 0 Å². The maximum absolute atomic E-state index is 12.5. The Hall–Kier alpha value is -3.17. The number of benzene rings is 2. The Morgan fingerprint density at radius 3 is 2.50 bits per heavy atom. The van der Waals surface area contributed by atoms with E-state index in [0.717, 1.165) is 21.4 Å². The van der Waals surface area contributed by atoms with Crippen LogP contribution in [0.25, 0.3) is 0 Å². The average Bonchev–Trinajstić information content (AvgIpc) is 2.82. The first kappa shape index (κ1) is 25.5. The van der Waals surface area contributed by atoms with Crippen molar-refractivity contribution in [3.63, 3.8) is 0 Å². The molecule has 2 aromatic carbocycles. The van der Waals surface area contributed by atoms with Crippen molar-refractivity contribution in [2.45, 2.75) is 25.3 Å². The first-order chi connectivity index (χ1) is 16.2. The van der Waals surface area contributed by atoms with Crippen LogP contribution in [0.5, 0.6) is 5.75 Å². The minimum atomic E-state index is -3.96. The molecule has 34 heavy (non-hydrogen) atoms. The second kappa shape index (κ2) is 11.3. The summed E-state index contributed by atoms with van der Waals surface area (Å²) in [6, 6.07) is 16.8. The van der Waals surface area contributed by atoms with Gasteiger partial charge in [0.05, 0.1) is 10.5 Å². The third-order valence-electron chi connectivity index (χ3n) is 4.85. The van der Waals surface area contributed by atoms with Gasteiger partial charge in [-0.15, -0.1) is 0 Å². The zero-order chi connectivity index (χ0) is 24.7. The first-order valence-corrected chi connectivity index (χ1v) is 12.9. The Labute approximate surface area is 208 Å². The molecule has 7 nitrogen and oxygen atoms in total. The number of halogens is 1. The van der Waals surface area contributed by atoms with Gasteiger partial charge in [-0.05, 0) is 61.9 Å². The van der Waals surface area contributed by atoms with Crippen molar-refractivity contribution in [1.82, 2.24) is 9.71 Å². The molecule has 0 fully saturated rings. The number of aromatic nitrogens is 1. The summed E-state index contributed by atoms with van der Waals surface area (Å²) in [5.41, 5.74) is 2.04. The molecular formula is C25H26BrN3O4S. The lowest BCUT2D eigenvalue weighted by atomic mass is 10.1. The summed E-state index contributed by atoms with van der Waals surface area (Å²) >= 11 is 3.51. The predicted molar refractivity (Wildman–Crippen MR) is 137 cm³/mol. The molecule has 0 aliphatic rings. The van der Waals surface area contributed by atoms with Gasteiger partial charge in [-0.25, -0.2) is 18.1 Å². The number of amides is 1. The third kappa shape index (κ3) is 6.68. The lowest BCUT2D eigenvalue weighted by Gasteiger charge is -2.24. The Balaban J connectivity index is 1.75. The molecule has 3 aromatic rings. The summed E-state index contributed by atoms with van der Waals surface area (Å²) in [5.74, 6) is 0.663. The second-order valence-electron chi connectivity index (χ2n) is 7.66. The largest absolute Gasteiger partial charge is 0.489 e. The lowest BCUT2D eigenvalue weighted by Crippen LogP contribution is -2.30. The van der Waals surface area contributed by atoms with Gasteiger partial charge in [0.2, 0.25) is 0 Å². The van der Waals surface area contributed by atoms with Gasteiger partial charge in [-0.1, -0.05) is 40.7 Å². The van der Waals surface area contributed by atoms with Crippen molar-refractivity contribution in [2.75, 3.05) is 18.1 Å². The van der Waals surface area contributed by atoms with Gasteiger partial charge < -0.3 is 9.64 Å². The molecule has 0 unspecified atom stereocenters. The average molecular weight is 544 g/mol. The highest BCUT2D eigenvalue weighted by atomic mass is 79.9. The van der Waals surface area contributed by atoms with Crippen LogP contribution in [0, 0.1) is 0 Å². The predicted octanol–water partition coefficient (Wildman–Crippen LogP) is 4.94. The van der Waals surface area contributed by atoms with E-state index in [1.54, 1.807) is 30.3 Å². The summed E-state index contributed by atoms with van der Waals surface area (Å²) in [5, 5.41) is 0. The zero-order valence-corrected chi connectivity index (χ0v) is 21.4. The molecule has 0 saturated carbocycles. The van der Waals surface area contributed by atoms with Crippen LogP contribution in [0.4, 0.5) is 5.82 Å². The van der Waals surface area contributed by atoms with E-state index >= 15 is 0 Å². The highest BCUT2D eigenvalue weighted by Gasteiger charge is 2.19. The molecule has 1 heterocycles. The van der Waals surface area contributed by atoms with Crippen molar-refractivity contribution >= 4 is 37.7 Å². The number of carbonyl (C=O) groups excluding carboxylic acids is 1. The molecule has 0 aliphatic carbocycles. The first-order valence-electron chi connectivity index (χ1n) is 10.6. The fraction of sp³-hybridized carbons (Fsp3) is 0.200. The van der Waals surface area contributed by atoms with E-state index in [1.807, 2.05) is 36.9 Å². The molecule has 1 N–H and O–H groups in total. The number of hydrogen-bond acceptors (Lipinski definition) is 6. The molecule has 3 rings (SSSR count). The fourth-order valence-electron chi connectivity index (χ4n) is 3.12. The molecule has 9 heteroatoms. The van der Waals surface area contributed by atoms with Crippen LogP contribution < -0.4 is 14.4 Å². The van der Waals surface area contributed by atoms with Crippen LogP contribution in [0.3, 0.4) is 0 Å². The van der Waals surface area contributed by atoms with E-state index in [2.05, 4.69) is 32.2 Å². The Morgan fingerprint density at radius 1 is 1.15 bits per heavy atom. The van der Waals surface area contributed by atoms with Crippen molar-refractivity contribution < 1.29 is 17.9 Å². The van der Waals surface area contributed by atoms with Gasteiger partial charge in [0.25, 0.3) is 15.9 Å². The van der Waals surface area contributed by atoms with Crippen LogP contribution in [0.1, 0.15) is 29.8 Å². The van der Waals surface area contributed by atoms with Gasteiger partial charge >= 0.3 is 0 Å². The van der Waals surface area contributed by atoms with Gasteiger partial charge in [0, 0.05) is 29.3 Å². The van der Waals surface area contributed by atoms with Gasteiger partial charge in [-0.2, -0.15) is 0 Å². The summed E-state index contributed by atoms with van der Waals surface area (Å²) < 4.78 is 33.7. The maximum Gasteiger partial charge on any atom is 0.266 e. The van der Waals surface area contributed by atoms with E-state index in [0.29, 0.717) is 25.5 Å². The van der Waals surface area contributed by atoms with Crippen molar-refractivity contribution in [2.24, 2.45) is 0 Å². The van der Waals surface area contributed by atoms with Crippen LogP contribution in [0.15, 0.2) is 88.4 Å². The van der Waals surface area contributed by atoms with E-state index in [4.69, 9.17) is 4.74 Å². The number of pyridine rings is 1. The van der Waals surface area contributed by atoms with E-state index < -0.39 is 15.9 Å². The normalized spacial score (nSPS) is 11.0. The Morgan fingerprint density at radius 2 is 1.88 bits per heavy atom. The summed E-state index contributed by atoms with van der Waals surface area (Å²) in [7, 11) is -3.96. The SMILES string of the molecule is C=C(C)COc1ccc(Br)cc1CN(CC)c1ccc(C(=O)NS(=O)(=O)c2ccccc2)cn1. The topological polar surface area (TPSA) is 88.6 Å². The monoisotopic (exact) mass is 543 g/mol. The number of sulfonamides is 1. The van der Waals surface area contributed by atoms with Crippen molar-refractivity contribution in [3.05, 3.63) is 94.6 Å². The summed E-state index contributed by atoms with van der Waals surface area (Å²) in [4.78, 5) is 19.0. The van der Waals surface area contributed by atoms with Crippen LogP contribution in [0.2, 0.25) is 0 Å². The van der Waals surface area contributed by atoms with E-state index in [1.165, 1.54) is 18.3 Å². The van der Waals surface area contributed by atoms with E-state index in [9.17, 15) is 13.2 Å². The fourth-order valence-corrected chi connectivity index (χ4v) is 4.52. The molecule has 178 valence electrons. The number of nitrogens with zero attached hydrogens (tertiary/aromatic N) is 2. The summed E-state index contributed by atoms with van der Waals surface area (Å²) in [6.07, 6.45) is 1.37. The number of rotatable bonds is 10. The molecule has 0 aliphatic heterocycles. The van der Waals surface area contributed by atoms with Crippen LogP contribution >= 0.6 is 15.9 Å². The van der Waals surface area contributed by atoms with Crippen molar-refractivity contribution in [3.8, 4) is 5.75 Å².